The highest BCUT2D eigenvalue weighted by Crippen LogP contribution is 2.46. The van der Waals surface area contributed by atoms with Gasteiger partial charge in [0.15, 0.2) is 0 Å². The van der Waals surface area contributed by atoms with E-state index in [1.807, 2.05) is 0 Å². The van der Waals surface area contributed by atoms with Gasteiger partial charge >= 0.3 is 15.6 Å². The third kappa shape index (κ3) is 5.52. The molecule has 0 amide bonds. The summed E-state index contributed by atoms with van der Waals surface area (Å²) in [6.07, 6.45) is -0.0208. The van der Waals surface area contributed by atoms with E-state index in [-0.39, 0.29) is 0 Å². The van der Waals surface area contributed by atoms with Gasteiger partial charge in [0.1, 0.15) is 0 Å². The molecule has 16 heavy (non-hydrogen) atoms. The molecule has 1 rings (SSSR count). The fourth-order valence-electron chi connectivity index (χ4n) is 1.66. The fourth-order valence-corrected chi connectivity index (χ4v) is 2.84. The van der Waals surface area contributed by atoms with Crippen molar-refractivity contribution in [1.82, 2.24) is 0 Å². The van der Waals surface area contributed by atoms with Gasteiger partial charge in [-0.05, 0) is 12.8 Å². The Morgan fingerprint density at radius 1 is 0.812 bits per heavy atom. The molecule has 0 unspecified atom stereocenters. The van der Waals surface area contributed by atoms with Crippen molar-refractivity contribution in [3.63, 3.8) is 0 Å². The van der Waals surface area contributed by atoms with Gasteiger partial charge in [-0.3, -0.25) is 9.05 Å². The van der Waals surface area contributed by atoms with Crippen molar-refractivity contribution in [2.45, 2.75) is 37.9 Å². The predicted octanol–water partition coefficient (Wildman–Crippen LogP) is 0.516. The largest absolute Gasteiger partial charge is 0.469 e. The second-order valence-corrected chi connectivity index (χ2v) is 5.94. The highest BCUT2D eigenvalue weighted by molar-refractivity contribution is 7.46. The Morgan fingerprint density at radius 3 is 1.38 bits per heavy atom. The normalized spacial score (nSPS) is 28.0. The Bertz CT molecular complexity index is 286. The monoisotopic (exact) mass is 276 g/mol. The van der Waals surface area contributed by atoms with Crippen LogP contribution >= 0.6 is 15.6 Å². The van der Waals surface area contributed by atoms with Crippen molar-refractivity contribution in [1.29, 1.82) is 0 Å². The Labute approximate surface area is 92.1 Å². The summed E-state index contributed by atoms with van der Waals surface area (Å²) < 4.78 is 30.1. The zero-order chi connectivity index (χ0) is 12.4. The molecule has 0 aromatic rings. The average Bonchev–Trinajstić information content (AvgIpc) is 2.03. The van der Waals surface area contributed by atoms with Gasteiger partial charge in [-0.15, -0.1) is 0 Å². The van der Waals surface area contributed by atoms with E-state index in [9.17, 15) is 9.13 Å². The molecular formula is C6H14O8P2. The van der Waals surface area contributed by atoms with Crippen LogP contribution in [0, 0.1) is 0 Å². The SMILES string of the molecule is O=P(O)(O)O[C@@H]1CCCC[C@H]1OP(=O)(O)O. The van der Waals surface area contributed by atoms with Crippen LogP contribution in [-0.2, 0) is 18.2 Å². The van der Waals surface area contributed by atoms with Crippen LogP contribution in [0.5, 0.6) is 0 Å². The lowest BCUT2D eigenvalue weighted by atomic mass is 9.95. The minimum absolute atomic E-state index is 0.301. The maximum atomic E-state index is 10.6. The molecule has 1 saturated carbocycles. The Hall–Kier alpha value is 0.220. The number of hydrogen-bond donors (Lipinski definition) is 4. The van der Waals surface area contributed by atoms with Crippen LogP contribution in [0.15, 0.2) is 0 Å². The van der Waals surface area contributed by atoms with Crippen molar-refractivity contribution in [3.05, 3.63) is 0 Å². The van der Waals surface area contributed by atoms with Crippen molar-refractivity contribution in [2.24, 2.45) is 0 Å². The predicted molar refractivity (Wildman–Crippen MR) is 52.3 cm³/mol. The summed E-state index contributed by atoms with van der Waals surface area (Å²) >= 11 is 0. The molecule has 4 N–H and O–H groups in total. The molecule has 96 valence electrons. The lowest BCUT2D eigenvalue weighted by Gasteiger charge is -2.30. The number of phosphoric ester groups is 2. The average molecular weight is 276 g/mol. The molecule has 1 aliphatic rings. The van der Waals surface area contributed by atoms with E-state index in [1.165, 1.54) is 0 Å². The lowest BCUT2D eigenvalue weighted by molar-refractivity contribution is -0.00901. The van der Waals surface area contributed by atoms with Crippen molar-refractivity contribution < 1.29 is 37.8 Å². The van der Waals surface area contributed by atoms with Crippen LogP contribution in [0.2, 0.25) is 0 Å². The molecule has 0 spiro atoms. The molecule has 0 heterocycles. The standard InChI is InChI=1S/C6H14O8P2/c7-15(8,9)13-5-3-1-2-4-6(5)14-16(10,11)12/h5-6H,1-4H2,(H2,7,8,9)(H2,10,11,12)/t5-,6-/m1/s1. The molecule has 1 fully saturated rings. The van der Waals surface area contributed by atoms with Gasteiger partial charge < -0.3 is 19.6 Å². The molecular weight excluding hydrogens is 262 g/mol. The molecule has 0 bridgehead atoms. The van der Waals surface area contributed by atoms with Gasteiger partial charge in [0.05, 0.1) is 12.2 Å². The van der Waals surface area contributed by atoms with Gasteiger partial charge in [-0.25, -0.2) is 9.13 Å². The minimum Gasteiger partial charge on any atom is -0.303 e. The van der Waals surface area contributed by atoms with Crippen LogP contribution < -0.4 is 0 Å². The summed E-state index contributed by atoms with van der Waals surface area (Å²) in [5.74, 6) is 0. The summed E-state index contributed by atoms with van der Waals surface area (Å²) in [4.78, 5) is 34.5. The van der Waals surface area contributed by atoms with Gasteiger partial charge in [0.2, 0.25) is 0 Å². The topological polar surface area (TPSA) is 134 Å². The van der Waals surface area contributed by atoms with Gasteiger partial charge in [-0.1, -0.05) is 12.8 Å². The quantitative estimate of drug-likeness (QED) is 0.546. The smallest absolute Gasteiger partial charge is 0.303 e. The van der Waals surface area contributed by atoms with Gasteiger partial charge in [-0.2, -0.15) is 0 Å². The molecule has 10 heteroatoms. The first-order chi connectivity index (χ1) is 7.17. The first-order valence-electron chi connectivity index (χ1n) is 4.65. The number of rotatable bonds is 4. The van der Waals surface area contributed by atoms with Gasteiger partial charge in [0, 0.05) is 0 Å². The first-order valence-corrected chi connectivity index (χ1v) is 7.71. The fraction of sp³-hybridized carbons (Fsp3) is 1.00. The first kappa shape index (κ1) is 14.3. The zero-order valence-electron chi connectivity index (χ0n) is 8.30. The van der Waals surface area contributed by atoms with Crippen molar-refractivity contribution >= 4 is 15.6 Å². The third-order valence-corrected chi connectivity index (χ3v) is 3.28. The zero-order valence-corrected chi connectivity index (χ0v) is 10.1. The summed E-state index contributed by atoms with van der Waals surface area (Å²) in [5, 5.41) is 0. The molecule has 0 aromatic heterocycles. The lowest BCUT2D eigenvalue weighted by Crippen LogP contribution is -2.33. The highest BCUT2D eigenvalue weighted by Gasteiger charge is 2.36. The maximum absolute atomic E-state index is 10.6. The van der Waals surface area contributed by atoms with Crippen LogP contribution in [0.3, 0.4) is 0 Å². The van der Waals surface area contributed by atoms with E-state index in [1.54, 1.807) is 0 Å². The van der Waals surface area contributed by atoms with Crippen molar-refractivity contribution in [2.75, 3.05) is 0 Å². The van der Waals surface area contributed by atoms with Crippen LogP contribution in [0.4, 0.5) is 0 Å². The van der Waals surface area contributed by atoms with E-state index in [2.05, 4.69) is 9.05 Å². The molecule has 0 radical (unpaired) electrons. The van der Waals surface area contributed by atoms with Crippen LogP contribution in [-0.4, -0.2) is 31.8 Å². The maximum Gasteiger partial charge on any atom is 0.469 e. The number of phosphoric acid groups is 2. The summed E-state index contributed by atoms with van der Waals surface area (Å²) in [7, 11) is -9.34. The Morgan fingerprint density at radius 2 is 1.12 bits per heavy atom. The highest BCUT2D eigenvalue weighted by atomic mass is 31.2. The second-order valence-electron chi connectivity index (χ2n) is 3.55. The third-order valence-electron chi connectivity index (χ3n) is 2.19. The van der Waals surface area contributed by atoms with E-state index in [4.69, 9.17) is 19.6 Å². The molecule has 2 atom stereocenters. The molecule has 8 nitrogen and oxygen atoms in total. The Balaban J connectivity index is 2.64. The summed E-state index contributed by atoms with van der Waals surface area (Å²) in [6.45, 7) is 0. The van der Waals surface area contributed by atoms with E-state index in [0.717, 1.165) is 0 Å². The second kappa shape index (κ2) is 5.25. The molecule has 0 saturated heterocycles. The molecule has 1 aliphatic carbocycles. The van der Waals surface area contributed by atoms with Crippen LogP contribution in [0.1, 0.15) is 25.7 Å². The number of hydrogen-bond acceptors (Lipinski definition) is 4. The van der Waals surface area contributed by atoms with E-state index >= 15 is 0 Å². The van der Waals surface area contributed by atoms with Gasteiger partial charge in [0.25, 0.3) is 0 Å². The molecule has 0 aromatic carbocycles. The van der Waals surface area contributed by atoms with Crippen molar-refractivity contribution in [3.8, 4) is 0 Å². The minimum atomic E-state index is -4.67. The van der Waals surface area contributed by atoms with E-state index < -0.39 is 27.9 Å². The molecule has 0 aliphatic heterocycles. The van der Waals surface area contributed by atoms with E-state index in [0.29, 0.717) is 25.7 Å². The summed E-state index contributed by atoms with van der Waals surface area (Å²) in [5.41, 5.74) is 0. The summed E-state index contributed by atoms with van der Waals surface area (Å²) in [6, 6.07) is 0. The Kier molecular flexibility index (Phi) is 4.68. The van der Waals surface area contributed by atoms with Crippen LogP contribution in [0.25, 0.3) is 0 Å².